The van der Waals surface area contributed by atoms with Gasteiger partial charge in [0.15, 0.2) is 6.29 Å². The smallest absolute Gasteiger partial charge is 0.154 e. The van der Waals surface area contributed by atoms with Crippen molar-refractivity contribution >= 4 is 0 Å². The number of hydrogen-bond donors (Lipinski definition) is 0. The molecule has 2 nitrogen and oxygen atoms in total. The van der Waals surface area contributed by atoms with Crippen LogP contribution in [0.5, 0.6) is 0 Å². The van der Waals surface area contributed by atoms with Gasteiger partial charge in [-0.3, -0.25) is 0 Å². The molecule has 11 heavy (non-hydrogen) atoms. The van der Waals surface area contributed by atoms with E-state index in [-0.39, 0.29) is 6.29 Å². The summed E-state index contributed by atoms with van der Waals surface area (Å²) in [5, 5.41) is 0. The molecule has 0 aliphatic heterocycles. The van der Waals surface area contributed by atoms with Gasteiger partial charge in [0.05, 0.1) is 6.10 Å². The van der Waals surface area contributed by atoms with Crippen molar-refractivity contribution in [2.24, 2.45) is 5.92 Å². The third-order valence-corrected chi connectivity index (χ3v) is 1.56. The summed E-state index contributed by atoms with van der Waals surface area (Å²) in [7, 11) is 1.66. The molecule has 0 bridgehead atoms. The predicted molar refractivity (Wildman–Crippen MR) is 46.5 cm³/mol. The summed E-state index contributed by atoms with van der Waals surface area (Å²) in [5.41, 5.74) is 0. The molecule has 0 aromatic rings. The zero-order chi connectivity index (χ0) is 8.85. The fraction of sp³-hybridized carbons (Fsp3) is 1.00. The van der Waals surface area contributed by atoms with E-state index in [0.717, 1.165) is 6.42 Å². The normalized spacial score (nSPS) is 16.9. The standard InChI is InChI=1S/C9H20O2/c1-7(2)6-8(3)11-9(4)10-5/h7-9H,6H2,1-5H3. The van der Waals surface area contributed by atoms with Crippen LogP contribution in [0.3, 0.4) is 0 Å². The minimum Gasteiger partial charge on any atom is -0.356 e. The highest BCUT2D eigenvalue weighted by molar-refractivity contribution is 4.53. The van der Waals surface area contributed by atoms with Gasteiger partial charge in [-0.05, 0) is 26.2 Å². The Balaban J connectivity index is 3.43. The van der Waals surface area contributed by atoms with E-state index >= 15 is 0 Å². The van der Waals surface area contributed by atoms with Crippen LogP contribution in [0.25, 0.3) is 0 Å². The highest BCUT2D eigenvalue weighted by atomic mass is 16.7. The van der Waals surface area contributed by atoms with Gasteiger partial charge < -0.3 is 9.47 Å². The van der Waals surface area contributed by atoms with Crippen LogP contribution < -0.4 is 0 Å². The molecule has 0 heterocycles. The summed E-state index contributed by atoms with van der Waals surface area (Å²) in [6.07, 6.45) is 1.31. The second kappa shape index (κ2) is 5.56. The van der Waals surface area contributed by atoms with Crippen LogP contribution in [0.1, 0.15) is 34.1 Å². The first kappa shape index (κ1) is 10.9. The van der Waals surface area contributed by atoms with Crippen LogP contribution in [0.15, 0.2) is 0 Å². The Morgan fingerprint density at radius 3 is 2.00 bits per heavy atom. The van der Waals surface area contributed by atoms with E-state index < -0.39 is 0 Å². The Labute approximate surface area is 69.9 Å². The van der Waals surface area contributed by atoms with Crippen LogP contribution in [0.4, 0.5) is 0 Å². The molecule has 2 heteroatoms. The Hall–Kier alpha value is -0.0800. The molecule has 0 spiro atoms. The van der Waals surface area contributed by atoms with Crippen molar-refractivity contribution < 1.29 is 9.47 Å². The number of ether oxygens (including phenoxy) is 2. The summed E-state index contributed by atoms with van der Waals surface area (Å²) >= 11 is 0. The minimum atomic E-state index is -0.0799. The molecule has 2 unspecified atom stereocenters. The fourth-order valence-corrected chi connectivity index (χ4v) is 1.10. The van der Waals surface area contributed by atoms with Gasteiger partial charge >= 0.3 is 0 Å². The molecule has 0 rings (SSSR count). The van der Waals surface area contributed by atoms with Crippen LogP contribution in [0.2, 0.25) is 0 Å². The average molecular weight is 160 g/mol. The quantitative estimate of drug-likeness (QED) is 0.575. The maximum absolute atomic E-state index is 5.49. The molecule has 0 aliphatic rings. The maximum Gasteiger partial charge on any atom is 0.154 e. The van der Waals surface area contributed by atoms with Gasteiger partial charge in [-0.2, -0.15) is 0 Å². The molecule has 0 aromatic heterocycles. The maximum atomic E-state index is 5.49. The van der Waals surface area contributed by atoms with Crippen molar-refractivity contribution in [2.75, 3.05) is 7.11 Å². The molecule has 68 valence electrons. The van der Waals surface area contributed by atoms with Gasteiger partial charge in [-0.1, -0.05) is 13.8 Å². The van der Waals surface area contributed by atoms with Gasteiger partial charge in [-0.25, -0.2) is 0 Å². The number of hydrogen-bond acceptors (Lipinski definition) is 2. The van der Waals surface area contributed by atoms with Crippen LogP contribution in [-0.2, 0) is 9.47 Å². The van der Waals surface area contributed by atoms with Crippen LogP contribution >= 0.6 is 0 Å². The summed E-state index contributed by atoms with van der Waals surface area (Å²) in [6, 6.07) is 0. The molecule has 0 aromatic carbocycles. The first-order valence-electron chi connectivity index (χ1n) is 4.24. The van der Waals surface area contributed by atoms with E-state index in [9.17, 15) is 0 Å². The van der Waals surface area contributed by atoms with E-state index in [1.807, 2.05) is 6.92 Å². The topological polar surface area (TPSA) is 18.5 Å². The van der Waals surface area contributed by atoms with E-state index in [4.69, 9.17) is 9.47 Å². The number of methoxy groups -OCH3 is 1. The third kappa shape index (κ3) is 6.32. The summed E-state index contributed by atoms with van der Waals surface area (Å²) in [6.45, 7) is 8.38. The fourth-order valence-electron chi connectivity index (χ4n) is 1.10. The Morgan fingerprint density at radius 2 is 1.64 bits per heavy atom. The average Bonchev–Trinajstić information content (AvgIpc) is 1.85. The summed E-state index contributed by atoms with van der Waals surface area (Å²) in [5.74, 6) is 0.689. The Bertz CT molecular complexity index is 91.6. The van der Waals surface area contributed by atoms with E-state index in [2.05, 4.69) is 20.8 Å². The predicted octanol–water partition coefficient (Wildman–Crippen LogP) is 2.43. The second-order valence-electron chi connectivity index (χ2n) is 3.38. The SMILES string of the molecule is COC(C)OC(C)CC(C)C. The van der Waals surface area contributed by atoms with Crippen molar-refractivity contribution in [2.45, 2.75) is 46.5 Å². The Morgan fingerprint density at radius 1 is 1.09 bits per heavy atom. The molecule has 2 atom stereocenters. The molecule has 0 aliphatic carbocycles. The summed E-state index contributed by atoms with van der Waals surface area (Å²) < 4.78 is 10.5. The molecule has 0 saturated carbocycles. The first-order valence-corrected chi connectivity index (χ1v) is 4.24. The molecule has 0 saturated heterocycles. The van der Waals surface area contributed by atoms with Gasteiger partial charge in [-0.15, -0.1) is 0 Å². The first-order chi connectivity index (χ1) is 5.06. The molecule has 0 fully saturated rings. The number of rotatable bonds is 5. The van der Waals surface area contributed by atoms with E-state index in [1.54, 1.807) is 7.11 Å². The molecule has 0 N–H and O–H groups in total. The van der Waals surface area contributed by atoms with Crippen molar-refractivity contribution in [3.8, 4) is 0 Å². The monoisotopic (exact) mass is 160 g/mol. The lowest BCUT2D eigenvalue weighted by Crippen LogP contribution is -2.19. The zero-order valence-corrected chi connectivity index (χ0v) is 8.26. The van der Waals surface area contributed by atoms with Gasteiger partial charge in [0.2, 0.25) is 0 Å². The van der Waals surface area contributed by atoms with Crippen molar-refractivity contribution in [1.29, 1.82) is 0 Å². The molecular formula is C9H20O2. The van der Waals surface area contributed by atoms with E-state index in [1.165, 1.54) is 0 Å². The van der Waals surface area contributed by atoms with Crippen molar-refractivity contribution in [3.05, 3.63) is 0 Å². The van der Waals surface area contributed by atoms with Gasteiger partial charge in [0.1, 0.15) is 0 Å². The highest BCUT2D eigenvalue weighted by Gasteiger charge is 2.08. The lowest BCUT2D eigenvalue weighted by Gasteiger charge is -2.19. The van der Waals surface area contributed by atoms with Crippen molar-refractivity contribution in [3.63, 3.8) is 0 Å². The van der Waals surface area contributed by atoms with Crippen LogP contribution in [0, 0.1) is 5.92 Å². The minimum absolute atomic E-state index is 0.0799. The van der Waals surface area contributed by atoms with Crippen molar-refractivity contribution in [1.82, 2.24) is 0 Å². The lowest BCUT2D eigenvalue weighted by molar-refractivity contribution is -0.142. The van der Waals surface area contributed by atoms with Gasteiger partial charge in [0.25, 0.3) is 0 Å². The molecule has 0 radical (unpaired) electrons. The summed E-state index contributed by atoms with van der Waals surface area (Å²) in [4.78, 5) is 0. The van der Waals surface area contributed by atoms with E-state index in [0.29, 0.717) is 12.0 Å². The second-order valence-corrected chi connectivity index (χ2v) is 3.38. The van der Waals surface area contributed by atoms with Crippen LogP contribution in [-0.4, -0.2) is 19.5 Å². The molecular weight excluding hydrogens is 140 g/mol. The zero-order valence-electron chi connectivity index (χ0n) is 8.26. The molecule has 0 amide bonds. The lowest BCUT2D eigenvalue weighted by atomic mass is 10.1. The van der Waals surface area contributed by atoms with Gasteiger partial charge in [0, 0.05) is 7.11 Å². The highest BCUT2D eigenvalue weighted by Crippen LogP contribution is 2.09. The largest absolute Gasteiger partial charge is 0.356 e. The Kier molecular flexibility index (Phi) is 5.51. The third-order valence-electron chi connectivity index (χ3n) is 1.56.